The highest BCUT2D eigenvalue weighted by atomic mass is 35.5. The van der Waals surface area contributed by atoms with Crippen molar-refractivity contribution in [2.24, 2.45) is 0 Å². The Morgan fingerprint density at radius 3 is 2.79 bits per heavy atom. The van der Waals surface area contributed by atoms with Crippen LogP contribution in [0.25, 0.3) is 0 Å². The van der Waals surface area contributed by atoms with Crippen molar-refractivity contribution >= 4 is 30.0 Å². The molecule has 0 aliphatic carbocycles. The summed E-state index contributed by atoms with van der Waals surface area (Å²) in [5.74, 6) is 0.497. The highest BCUT2D eigenvalue weighted by Crippen LogP contribution is 2.32. The molecule has 3 amide bonds. The Morgan fingerprint density at radius 1 is 1.24 bits per heavy atom. The Balaban J connectivity index is 0.00000240. The van der Waals surface area contributed by atoms with Crippen molar-refractivity contribution in [2.45, 2.75) is 6.04 Å². The molecular formula is C20H24ClN5O3. The van der Waals surface area contributed by atoms with Crippen molar-refractivity contribution in [2.75, 3.05) is 44.7 Å². The molecule has 2 aliphatic heterocycles. The number of aromatic nitrogens is 1. The minimum absolute atomic E-state index is 0. The van der Waals surface area contributed by atoms with Gasteiger partial charge >= 0.3 is 6.03 Å². The third-order valence-corrected chi connectivity index (χ3v) is 5.15. The maximum Gasteiger partial charge on any atom is 0.322 e. The Morgan fingerprint density at radius 2 is 2.10 bits per heavy atom. The highest BCUT2D eigenvalue weighted by molar-refractivity contribution is 6.00. The number of pyridine rings is 1. The molecule has 8 nitrogen and oxygen atoms in total. The van der Waals surface area contributed by atoms with Gasteiger partial charge in [-0.15, -0.1) is 12.4 Å². The number of hydrogen-bond donors (Lipinski definition) is 2. The number of halogens is 1. The van der Waals surface area contributed by atoms with Gasteiger partial charge in [0.15, 0.2) is 0 Å². The molecule has 0 radical (unpaired) electrons. The van der Waals surface area contributed by atoms with Gasteiger partial charge in [-0.2, -0.15) is 0 Å². The molecule has 2 fully saturated rings. The number of ether oxygens (including phenoxy) is 1. The molecule has 2 aliphatic rings. The predicted octanol–water partition coefficient (Wildman–Crippen LogP) is 1.83. The van der Waals surface area contributed by atoms with E-state index < -0.39 is 0 Å². The third kappa shape index (κ3) is 4.13. The largest absolute Gasteiger partial charge is 0.495 e. The van der Waals surface area contributed by atoms with Crippen molar-refractivity contribution in [3.63, 3.8) is 0 Å². The van der Waals surface area contributed by atoms with E-state index >= 15 is 0 Å². The lowest BCUT2D eigenvalue weighted by Crippen LogP contribution is -2.48. The molecule has 1 aromatic carbocycles. The first-order valence-electron chi connectivity index (χ1n) is 9.34. The number of benzene rings is 1. The van der Waals surface area contributed by atoms with E-state index in [-0.39, 0.29) is 30.4 Å². The quantitative estimate of drug-likeness (QED) is 0.792. The van der Waals surface area contributed by atoms with Crippen molar-refractivity contribution in [3.8, 4) is 5.75 Å². The minimum Gasteiger partial charge on any atom is -0.495 e. The molecule has 2 saturated heterocycles. The number of nitrogens with zero attached hydrogens (tertiary/aromatic N) is 3. The van der Waals surface area contributed by atoms with Gasteiger partial charge in [-0.3, -0.25) is 14.7 Å². The highest BCUT2D eigenvalue weighted by Gasteiger charge is 2.30. The number of carbonyl (C=O) groups excluding carboxylic acids is 2. The Kier molecular flexibility index (Phi) is 6.56. The molecular weight excluding hydrogens is 394 g/mol. The summed E-state index contributed by atoms with van der Waals surface area (Å²) in [5.41, 5.74) is 2.14. The van der Waals surface area contributed by atoms with E-state index in [1.165, 1.54) is 0 Å². The predicted molar refractivity (Wildman–Crippen MR) is 112 cm³/mol. The van der Waals surface area contributed by atoms with Crippen LogP contribution in [-0.4, -0.2) is 61.7 Å². The topological polar surface area (TPSA) is 86.8 Å². The summed E-state index contributed by atoms with van der Waals surface area (Å²) >= 11 is 0. The van der Waals surface area contributed by atoms with Crippen LogP contribution in [-0.2, 0) is 0 Å². The second-order valence-electron chi connectivity index (χ2n) is 6.78. The number of methoxy groups -OCH3 is 1. The summed E-state index contributed by atoms with van der Waals surface area (Å²) in [6.07, 6.45) is 3.52. The number of amides is 3. The molecule has 2 N–H and O–H groups in total. The second-order valence-corrected chi connectivity index (χ2v) is 6.78. The lowest BCUT2D eigenvalue weighted by molar-refractivity contribution is 0.0634. The number of anilines is 1. The monoisotopic (exact) mass is 417 g/mol. The van der Waals surface area contributed by atoms with Crippen molar-refractivity contribution in [1.29, 1.82) is 0 Å². The van der Waals surface area contributed by atoms with Gasteiger partial charge in [-0.25, -0.2) is 4.79 Å². The van der Waals surface area contributed by atoms with E-state index in [4.69, 9.17) is 4.74 Å². The molecule has 4 rings (SSSR count). The van der Waals surface area contributed by atoms with Crippen LogP contribution in [0.5, 0.6) is 5.75 Å². The van der Waals surface area contributed by atoms with E-state index in [0.717, 1.165) is 12.1 Å². The van der Waals surface area contributed by atoms with Gasteiger partial charge in [0.25, 0.3) is 5.91 Å². The molecule has 1 aromatic heterocycles. The van der Waals surface area contributed by atoms with Gasteiger partial charge in [-0.1, -0.05) is 6.07 Å². The van der Waals surface area contributed by atoms with Gasteiger partial charge < -0.3 is 20.3 Å². The molecule has 2 aromatic rings. The Hall–Kier alpha value is -2.84. The molecule has 1 unspecified atom stereocenters. The SMILES string of the molecule is COc1ccc(C(=O)N2CCNCC2c2cccnc2)cc1N1CCNC1=O.Cl. The van der Waals surface area contributed by atoms with Gasteiger partial charge in [0.05, 0.1) is 18.8 Å². The van der Waals surface area contributed by atoms with Gasteiger partial charge in [-0.05, 0) is 29.8 Å². The molecule has 1 atom stereocenters. The van der Waals surface area contributed by atoms with E-state index in [1.54, 1.807) is 42.6 Å². The second kappa shape index (κ2) is 9.11. The van der Waals surface area contributed by atoms with Crippen LogP contribution in [0.4, 0.5) is 10.5 Å². The van der Waals surface area contributed by atoms with Crippen LogP contribution < -0.4 is 20.3 Å². The first-order chi connectivity index (χ1) is 13.7. The maximum atomic E-state index is 13.3. The van der Waals surface area contributed by atoms with Crippen molar-refractivity contribution in [1.82, 2.24) is 20.5 Å². The zero-order chi connectivity index (χ0) is 19.5. The Bertz CT molecular complexity index is 880. The molecule has 29 heavy (non-hydrogen) atoms. The van der Waals surface area contributed by atoms with Gasteiger partial charge in [0.1, 0.15) is 5.75 Å². The smallest absolute Gasteiger partial charge is 0.322 e. The number of carbonyl (C=O) groups is 2. The number of nitrogens with one attached hydrogen (secondary N) is 2. The van der Waals surface area contributed by atoms with Crippen LogP contribution in [0, 0.1) is 0 Å². The summed E-state index contributed by atoms with van der Waals surface area (Å²) in [7, 11) is 1.56. The lowest BCUT2D eigenvalue weighted by Gasteiger charge is -2.36. The number of piperazine rings is 1. The fourth-order valence-corrected chi connectivity index (χ4v) is 3.72. The zero-order valence-corrected chi connectivity index (χ0v) is 16.9. The lowest BCUT2D eigenvalue weighted by atomic mass is 10.0. The summed E-state index contributed by atoms with van der Waals surface area (Å²) in [5, 5.41) is 6.13. The standard InChI is InChI=1S/C20H23N5O3.ClH/c1-28-18-5-4-14(11-16(18)25-10-8-23-20(25)27)19(26)24-9-7-22-13-17(24)15-3-2-6-21-12-15;/h2-6,11-12,17,22H,7-10,13H2,1H3,(H,23,27);1H. The van der Waals surface area contributed by atoms with E-state index in [1.807, 2.05) is 17.0 Å². The summed E-state index contributed by atoms with van der Waals surface area (Å²) in [6, 6.07) is 8.84. The third-order valence-electron chi connectivity index (χ3n) is 5.15. The van der Waals surface area contributed by atoms with Crippen LogP contribution in [0.3, 0.4) is 0 Å². The molecule has 9 heteroatoms. The maximum absolute atomic E-state index is 13.3. The Labute approximate surface area is 175 Å². The molecule has 0 spiro atoms. The number of hydrogen-bond acceptors (Lipinski definition) is 5. The fraction of sp³-hybridized carbons (Fsp3) is 0.350. The van der Waals surface area contributed by atoms with Crippen molar-refractivity contribution < 1.29 is 14.3 Å². The minimum atomic E-state index is -0.182. The number of rotatable bonds is 4. The average Bonchev–Trinajstić information content (AvgIpc) is 3.19. The van der Waals surface area contributed by atoms with E-state index in [0.29, 0.717) is 43.2 Å². The first-order valence-corrected chi connectivity index (χ1v) is 9.34. The first kappa shape index (κ1) is 20.9. The van der Waals surface area contributed by atoms with Gasteiger partial charge in [0, 0.05) is 50.7 Å². The van der Waals surface area contributed by atoms with Crippen LogP contribution in [0.1, 0.15) is 22.0 Å². The van der Waals surface area contributed by atoms with Crippen molar-refractivity contribution in [3.05, 3.63) is 53.9 Å². The molecule has 154 valence electrons. The molecule has 0 bridgehead atoms. The van der Waals surface area contributed by atoms with Crippen LogP contribution in [0.2, 0.25) is 0 Å². The number of urea groups is 1. The summed E-state index contributed by atoms with van der Waals surface area (Å²) in [6.45, 7) is 3.12. The zero-order valence-electron chi connectivity index (χ0n) is 16.1. The molecule has 3 heterocycles. The van der Waals surface area contributed by atoms with Gasteiger partial charge in [0.2, 0.25) is 0 Å². The normalized spacial score (nSPS) is 18.8. The van der Waals surface area contributed by atoms with E-state index in [9.17, 15) is 9.59 Å². The molecule has 0 saturated carbocycles. The summed E-state index contributed by atoms with van der Waals surface area (Å²) in [4.78, 5) is 33.1. The van der Waals surface area contributed by atoms with E-state index in [2.05, 4.69) is 15.6 Å². The fourth-order valence-electron chi connectivity index (χ4n) is 3.72. The van der Waals surface area contributed by atoms with Crippen LogP contribution >= 0.6 is 12.4 Å². The summed E-state index contributed by atoms with van der Waals surface area (Å²) < 4.78 is 5.41. The average molecular weight is 418 g/mol. The van der Waals surface area contributed by atoms with Crippen LogP contribution in [0.15, 0.2) is 42.7 Å².